The molecule has 3 rings (SSSR count). The number of carbonyl (C=O) groups excluding carboxylic acids is 2. The zero-order valence-electron chi connectivity index (χ0n) is 18.4. The summed E-state index contributed by atoms with van der Waals surface area (Å²) >= 11 is 0. The molecule has 1 amide bonds. The van der Waals surface area contributed by atoms with E-state index in [0.29, 0.717) is 28.4 Å². The predicted octanol–water partition coefficient (Wildman–Crippen LogP) is 4.06. The normalized spacial score (nSPS) is 11.8. The van der Waals surface area contributed by atoms with Crippen LogP contribution >= 0.6 is 0 Å². The molecule has 8 nitrogen and oxygen atoms in total. The molecule has 33 heavy (non-hydrogen) atoms. The van der Waals surface area contributed by atoms with Gasteiger partial charge in [0.1, 0.15) is 17.5 Å². The minimum Gasteiger partial charge on any atom is -0.465 e. The fourth-order valence-electron chi connectivity index (χ4n) is 3.15. The molecule has 0 radical (unpaired) electrons. The summed E-state index contributed by atoms with van der Waals surface area (Å²) in [7, 11) is -2.50. The Labute approximate surface area is 192 Å². The van der Waals surface area contributed by atoms with E-state index in [1.54, 1.807) is 36.4 Å². The Balaban J connectivity index is 1.76. The number of esters is 1. The van der Waals surface area contributed by atoms with E-state index < -0.39 is 27.9 Å². The minimum absolute atomic E-state index is 0.321. The second-order valence-electron chi connectivity index (χ2n) is 7.20. The molecular formula is C24H24N2O6S. The van der Waals surface area contributed by atoms with Crippen LogP contribution in [0.15, 0.2) is 78.9 Å². The Morgan fingerprint density at radius 1 is 0.879 bits per heavy atom. The monoisotopic (exact) mass is 468 g/mol. The molecule has 0 aliphatic rings. The maximum Gasteiger partial charge on any atom is 0.337 e. The van der Waals surface area contributed by atoms with Gasteiger partial charge in [-0.2, -0.15) is 0 Å². The fraction of sp³-hybridized carbons (Fsp3) is 0.167. The van der Waals surface area contributed by atoms with E-state index in [-0.39, 0.29) is 0 Å². The van der Waals surface area contributed by atoms with Gasteiger partial charge in [0, 0.05) is 5.69 Å². The number of amides is 1. The molecule has 3 aromatic carbocycles. The number of rotatable bonds is 8. The number of carbonyl (C=O) groups is 2. The summed E-state index contributed by atoms with van der Waals surface area (Å²) in [5.74, 6) is 0.150. The number of hydrogen-bond donors (Lipinski definition) is 1. The summed E-state index contributed by atoms with van der Waals surface area (Å²) in [5, 5.41) is 2.67. The largest absolute Gasteiger partial charge is 0.465 e. The fourth-order valence-corrected chi connectivity index (χ4v) is 4.32. The molecule has 172 valence electrons. The number of nitrogens with one attached hydrogen (secondary N) is 1. The van der Waals surface area contributed by atoms with Crippen molar-refractivity contribution < 1.29 is 27.5 Å². The summed E-state index contributed by atoms with van der Waals surface area (Å²) < 4.78 is 36.5. The van der Waals surface area contributed by atoms with E-state index in [9.17, 15) is 18.0 Å². The first kappa shape index (κ1) is 23.8. The van der Waals surface area contributed by atoms with E-state index in [1.807, 2.05) is 18.2 Å². The number of anilines is 2. The van der Waals surface area contributed by atoms with Crippen LogP contribution in [0.1, 0.15) is 17.3 Å². The first-order valence-electron chi connectivity index (χ1n) is 10.0. The molecule has 0 fully saturated rings. The summed E-state index contributed by atoms with van der Waals surface area (Å²) in [4.78, 5) is 24.4. The van der Waals surface area contributed by atoms with Crippen LogP contribution in [0.4, 0.5) is 11.4 Å². The van der Waals surface area contributed by atoms with E-state index in [1.165, 1.54) is 38.3 Å². The van der Waals surface area contributed by atoms with E-state index in [4.69, 9.17) is 4.74 Å². The van der Waals surface area contributed by atoms with Gasteiger partial charge in [-0.3, -0.25) is 9.10 Å². The Morgan fingerprint density at radius 2 is 1.45 bits per heavy atom. The molecule has 0 saturated carbocycles. The Morgan fingerprint density at radius 3 is 2.00 bits per heavy atom. The van der Waals surface area contributed by atoms with Crippen molar-refractivity contribution in [3.8, 4) is 11.5 Å². The molecule has 1 N–H and O–H groups in total. The highest BCUT2D eigenvalue weighted by Gasteiger charge is 2.29. The van der Waals surface area contributed by atoms with Gasteiger partial charge in [-0.05, 0) is 67.6 Å². The van der Waals surface area contributed by atoms with Crippen molar-refractivity contribution in [2.75, 3.05) is 23.0 Å². The zero-order chi connectivity index (χ0) is 24.0. The van der Waals surface area contributed by atoms with Gasteiger partial charge >= 0.3 is 5.97 Å². The second kappa shape index (κ2) is 10.2. The molecule has 1 atom stereocenters. The average Bonchev–Trinajstić information content (AvgIpc) is 2.80. The zero-order valence-corrected chi connectivity index (χ0v) is 19.2. The van der Waals surface area contributed by atoms with E-state index in [0.717, 1.165) is 10.6 Å². The van der Waals surface area contributed by atoms with Crippen molar-refractivity contribution in [3.05, 3.63) is 84.4 Å². The Kier molecular flexibility index (Phi) is 7.34. The van der Waals surface area contributed by atoms with Crippen LogP contribution in [0.25, 0.3) is 0 Å². The van der Waals surface area contributed by atoms with E-state index >= 15 is 0 Å². The SMILES string of the molecule is COC(=O)c1ccc(NC(=O)C(C)N(c2ccc(Oc3ccccc3)cc2)S(C)(=O)=O)cc1. The Bertz CT molecular complexity index is 1210. The quantitative estimate of drug-likeness (QED) is 0.500. The molecule has 0 spiro atoms. The molecule has 0 aromatic heterocycles. The molecule has 0 heterocycles. The van der Waals surface area contributed by atoms with Gasteiger partial charge in [-0.1, -0.05) is 18.2 Å². The smallest absolute Gasteiger partial charge is 0.337 e. The van der Waals surface area contributed by atoms with Gasteiger partial charge in [0.2, 0.25) is 15.9 Å². The molecule has 1 unspecified atom stereocenters. The van der Waals surface area contributed by atoms with Gasteiger partial charge in [-0.25, -0.2) is 13.2 Å². The lowest BCUT2D eigenvalue weighted by atomic mass is 10.2. The van der Waals surface area contributed by atoms with Crippen LogP contribution < -0.4 is 14.4 Å². The van der Waals surface area contributed by atoms with E-state index in [2.05, 4.69) is 10.1 Å². The number of ether oxygens (including phenoxy) is 2. The molecule has 0 bridgehead atoms. The van der Waals surface area contributed by atoms with Crippen molar-refractivity contribution in [2.24, 2.45) is 0 Å². The van der Waals surface area contributed by atoms with Gasteiger partial charge in [0.05, 0.1) is 24.6 Å². The molecule has 0 aliphatic heterocycles. The van der Waals surface area contributed by atoms with Gasteiger partial charge < -0.3 is 14.8 Å². The number of para-hydroxylation sites is 1. The van der Waals surface area contributed by atoms with Crippen molar-refractivity contribution in [2.45, 2.75) is 13.0 Å². The number of nitrogens with zero attached hydrogens (tertiary/aromatic N) is 1. The highest BCUT2D eigenvalue weighted by atomic mass is 32.2. The lowest BCUT2D eigenvalue weighted by Gasteiger charge is -2.28. The third-order valence-electron chi connectivity index (χ3n) is 4.73. The molecule has 0 saturated heterocycles. The van der Waals surface area contributed by atoms with Crippen LogP contribution in [0.5, 0.6) is 11.5 Å². The summed E-state index contributed by atoms with van der Waals surface area (Å²) in [5.41, 5.74) is 1.07. The van der Waals surface area contributed by atoms with Crippen LogP contribution in [0, 0.1) is 0 Å². The number of benzene rings is 3. The standard InChI is InChI=1S/C24H24N2O6S/c1-17(23(27)25-19-11-9-18(10-12-19)24(28)31-2)26(33(3,29)30)20-13-15-22(16-14-20)32-21-7-5-4-6-8-21/h4-17H,1-3H3,(H,25,27). The first-order chi connectivity index (χ1) is 15.7. The summed E-state index contributed by atoms with van der Waals surface area (Å²) in [6, 6.07) is 20.7. The van der Waals surface area contributed by atoms with Crippen LogP contribution in [0.3, 0.4) is 0 Å². The maximum absolute atomic E-state index is 12.8. The number of sulfonamides is 1. The van der Waals surface area contributed by atoms with Crippen molar-refractivity contribution >= 4 is 33.3 Å². The highest BCUT2D eigenvalue weighted by Crippen LogP contribution is 2.27. The predicted molar refractivity (Wildman–Crippen MR) is 126 cm³/mol. The third-order valence-corrected chi connectivity index (χ3v) is 5.97. The molecule has 0 aliphatic carbocycles. The topological polar surface area (TPSA) is 102 Å². The summed E-state index contributed by atoms with van der Waals surface area (Å²) in [6.45, 7) is 1.49. The molecular weight excluding hydrogens is 444 g/mol. The Hall–Kier alpha value is -3.85. The average molecular weight is 469 g/mol. The molecule has 3 aromatic rings. The highest BCUT2D eigenvalue weighted by molar-refractivity contribution is 7.92. The number of methoxy groups -OCH3 is 1. The number of hydrogen-bond acceptors (Lipinski definition) is 6. The lowest BCUT2D eigenvalue weighted by molar-refractivity contribution is -0.116. The lowest BCUT2D eigenvalue weighted by Crippen LogP contribution is -2.45. The van der Waals surface area contributed by atoms with Crippen LogP contribution in [-0.4, -0.2) is 39.7 Å². The first-order valence-corrected chi connectivity index (χ1v) is 11.9. The third kappa shape index (κ3) is 6.11. The van der Waals surface area contributed by atoms with Crippen molar-refractivity contribution in [3.63, 3.8) is 0 Å². The van der Waals surface area contributed by atoms with Crippen LogP contribution in [0.2, 0.25) is 0 Å². The van der Waals surface area contributed by atoms with Crippen molar-refractivity contribution in [1.82, 2.24) is 0 Å². The summed E-state index contributed by atoms with van der Waals surface area (Å²) in [6.07, 6.45) is 1.04. The van der Waals surface area contributed by atoms with Gasteiger partial charge in [0.25, 0.3) is 0 Å². The maximum atomic E-state index is 12.8. The van der Waals surface area contributed by atoms with Gasteiger partial charge in [-0.15, -0.1) is 0 Å². The molecule has 9 heteroatoms. The van der Waals surface area contributed by atoms with Crippen molar-refractivity contribution in [1.29, 1.82) is 0 Å². The van der Waals surface area contributed by atoms with Crippen LogP contribution in [-0.2, 0) is 19.6 Å². The van der Waals surface area contributed by atoms with Gasteiger partial charge in [0.15, 0.2) is 0 Å². The minimum atomic E-state index is -3.78. The second-order valence-corrected chi connectivity index (χ2v) is 9.06.